The van der Waals surface area contributed by atoms with E-state index in [0.717, 1.165) is 10.4 Å². The van der Waals surface area contributed by atoms with E-state index in [2.05, 4.69) is 0 Å². The molecule has 9 heteroatoms. The third kappa shape index (κ3) is 2.62. The maximum absolute atomic E-state index is 13.0. The van der Waals surface area contributed by atoms with Gasteiger partial charge in [0.05, 0.1) is 12.4 Å². The van der Waals surface area contributed by atoms with Gasteiger partial charge < -0.3 is 4.74 Å². The van der Waals surface area contributed by atoms with Gasteiger partial charge in [0.1, 0.15) is 9.46 Å². The van der Waals surface area contributed by atoms with Crippen molar-refractivity contribution < 1.29 is 21.6 Å². The number of hydrogen-bond acceptors (Lipinski definition) is 6. The molecule has 0 amide bonds. The van der Waals surface area contributed by atoms with E-state index in [-0.39, 0.29) is 18.9 Å². The highest BCUT2D eigenvalue weighted by Gasteiger charge is 2.48. The molecule has 0 spiro atoms. The Morgan fingerprint density at radius 3 is 2.73 bits per heavy atom. The molecule has 22 heavy (non-hydrogen) atoms. The van der Waals surface area contributed by atoms with E-state index in [1.165, 1.54) is 15.6 Å². The van der Waals surface area contributed by atoms with Crippen LogP contribution in [-0.4, -0.2) is 57.9 Å². The molecular weight excluding hydrogens is 346 g/mol. The summed E-state index contributed by atoms with van der Waals surface area (Å²) in [6.07, 6.45) is 0.423. The highest BCUT2D eigenvalue weighted by atomic mass is 32.2. The topological polar surface area (TPSA) is 80.8 Å². The lowest BCUT2D eigenvalue weighted by atomic mass is 10.1. The molecule has 2 atom stereocenters. The largest absolute Gasteiger partial charge is 0.380 e. The van der Waals surface area contributed by atoms with Crippen LogP contribution in [0.2, 0.25) is 0 Å². The summed E-state index contributed by atoms with van der Waals surface area (Å²) in [5.74, 6) is -0.139. The van der Waals surface area contributed by atoms with Crippen LogP contribution in [0.25, 0.3) is 0 Å². The zero-order valence-corrected chi connectivity index (χ0v) is 14.9. The van der Waals surface area contributed by atoms with E-state index >= 15 is 0 Å². The van der Waals surface area contributed by atoms with Gasteiger partial charge in [0.2, 0.25) is 0 Å². The molecule has 0 unspecified atom stereocenters. The predicted molar refractivity (Wildman–Crippen MR) is 84.5 cm³/mol. The summed E-state index contributed by atoms with van der Waals surface area (Å²) in [6, 6.07) is 1.33. The number of aryl methyl sites for hydroxylation is 2. The number of hydrogen-bond donors (Lipinski definition) is 0. The molecular formula is C13H19NO5S3. The first-order valence-electron chi connectivity index (χ1n) is 7.11. The van der Waals surface area contributed by atoms with Gasteiger partial charge in [-0.1, -0.05) is 0 Å². The minimum Gasteiger partial charge on any atom is -0.380 e. The summed E-state index contributed by atoms with van der Waals surface area (Å²) >= 11 is 1.24. The first-order chi connectivity index (χ1) is 10.2. The van der Waals surface area contributed by atoms with Gasteiger partial charge in [-0.15, -0.1) is 11.3 Å². The Balaban J connectivity index is 2.02. The fourth-order valence-electron chi connectivity index (χ4n) is 3.19. The van der Waals surface area contributed by atoms with Crippen LogP contribution in [0.15, 0.2) is 10.3 Å². The second-order valence-electron chi connectivity index (χ2n) is 5.78. The Morgan fingerprint density at radius 1 is 1.36 bits per heavy atom. The molecule has 0 radical (unpaired) electrons. The van der Waals surface area contributed by atoms with Crippen molar-refractivity contribution in [1.82, 2.24) is 4.31 Å². The van der Waals surface area contributed by atoms with E-state index in [0.29, 0.717) is 17.2 Å². The lowest BCUT2D eigenvalue weighted by molar-refractivity contribution is 0.0590. The molecule has 6 nitrogen and oxygen atoms in total. The number of thiophene rings is 1. The monoisotopic (exact) mass is 365 g/mol. The van der Waals surface area contributed by atoms with Crippen molar-refractivity contribution in [3.05, 3.63) is 16.5 Å². The standard InChI is InChI=1S/C13H19NO5S3/c1-9-7-10(2)20-13(9)22(17,18)14-4-6-21(15,16)12-8-19-5-3-11(12)14/h7,11-12H,3-6,8H2,1-2H3/t11-,12+/m0/s1. The summed E-state index contributed by atoms with van der Waals surface area (Å²) in [5, 5.41) is -0.744. The summed E-state index contributed by atoms with van der Waals surface area (Å²) in [5.41, 5.74) is 0.722. The molecule has 0 saturated carbocycles. The average Bonchev–Trinajstić information content (AvgIpc) is 2.78. The lowest BCUT2D eigenvalue weighted by Crippen LogP contribution is -2.59. The van der Waals surface area contributed by atoms with Gasteiger partial charge in [-0.2, -0.15) is 4.31 Å². The Bertz CT molecular complexity index is 781. The minimum atomic E-state index is -3.66. The molecule has 3 rings (SSSR count). The Kier molecular flexibility index (Phi) is 4.14. The van der Waals surface area contributed by atoms with Gasteiger partial charge in [0.25, 0.3) is 10.0 Å². The highest BCUT2D eigenvalue weighted by Crippen LogP contribution is 2.34. The molecule has 3 heterocycles. The molecule has 1 aromatic rings. The summed E-state index contributed by atoms with van der Waals surface area (Å²) < 4.78 is 57.4. The smallest absolute Gasteiger partial charge is 0.253 e. The first-order valence-corrected chi connectivity index (χ1v) is 11.1. The van der Waals surface area contributed by atoms with Gasteiger partial charge in [0, 0.05) is 24.1 Å². The third-order valence-electron chi connectivity index (χ3n) is 4.24. The van der Waals surface area contributed by atoms with E-state index in [9.17, 15) is 16.8 Å². The van der Waals surface area contributed by atoms with Gasteiger partial charge in [-0.25, -0.2) is 16.8 Å². The molecule has 0 N–H and O–H groups in total. The van der Waals surface area contributed by atoms with Crippen LogP contribution in [0.1, 0.15) is 16.9 Å². The van der Waals surface area contributed by atoms with Crippen molar-refractivity contribution >= 4 is 31.2 Å². The number of sulfonamides is 1. The van der Waals surface area contributed by atoms with Gasteiger partial charge in [-0.3, -0.25) is 0 Å². The van der Waals surface area contributed by atoms with Crippen LogP contribution in [0.5, 0.6) is 0 Å². The van der Waals surface area contributed by atoms with Gasteiger partial charge >= 0.3 is 0 Å². The average molecular weight is 365 g/mol. The maximum atomic E-state index is 13.0. The molecule has 0 aromatic carbocycles. The zero-order valence-electron chi connectivity index (χ0n) is 12.5. The molecule has 2 aliphatic rings. The number of fused-ring (bicyclic) bond motifs is 1. The third-order valence-corrected chi connectivity index (χ3v) is 10.0. The molecule has 2 aliphatic heterocycles. The van der Waals surface area contributed by atoms with Crippen molar-refractivity contribution in [3.63, 3.8) is 0 Å². The Labute approximate surface area is 135 Å². The molecule has 2 fully saturated rings. The Morgan fingerprint density at radius 2 is 2.09 bits per heavy atom. The SMILES string of the molecule is Cc1cc(C)c(S(=O)(=O)N2CCS(=O)(=O)[C@@H]3COCC[C@@H]32)s1. The summed E-state index contributed by atoms with van der Waals surface area (Å²) in [6.45, 7) is 4.15. The molecule has 0 bridgehead atoms. The molecule has 2 saturated heterocycles. The molecule has 124 valence electrons. The lowest BCUT2D eigenvalue weighted by Gasteiger charge is -2.42. The fraction of sp³-hybridized carbons (Fsp3) is 0.692. The number of rotatable bonds is 2. The predicted octanol–water partition coefficient (Wildman–Crippen LogP) is 0.942. The van der Waals surface area contributed by atoms with Crippen molar-refractivity contribution in [2.45, 2.75) is 35.8 Å². The normalized spacial score (nSPS) is 29.2. The number of ether oxygens (including phenoxy) is 1. The van der Waals surface area contributed by atoms with Crippen LogP contribution in [-0.2, 0) is 24.6 Å². The zero-order chi connectivity index (χ0) is 16.1. The van der Waals surface area contributed by atoms with Crippen molar-refractivity contribution in [2.24, 2.45) is 0 Å². The van der Waals surface area contributed by atoms with E-state index < -0.39 is 31.2 Å². The molecule has 0 aliphatic carbocycles. The van der Waals surface area contributed by atoms with Crippen LogP contribution in [0, 0.1) is 13.8 Å². The summed E-state index contributed by atoms with van der Waals surface area (Å²) in [4.78, 5) is 0.934. The van der Waals surface area contributed by atoms with Gasteiger partial charge in [-0.05, 0) is 31.9 Å². The fourth-order valence-corrected chi connectivity index (χ4v) is 8.67. The van der Waals surface area contributed by atoms with Crippen LogP contribution >= 0.6 is 11.3 Å². The second-order valence-corrected chi connectivity index (χ2v) is 11.5. The van der Waals surface area contributed by atoms with E-state index in [4.69, 9.17) is 4.74 Å². The van der Waals surface area contributed by atoms with E-state index in [1.807, 2.05) is 13.0 Å². The van der Waals surface area contributed by atoms with Crippen LogP contribution in [0.4, 0.5) is 0 Å². The van der Waals surface area contributed by atoms with Crippen molar-refractivity contribution in [2.75, 3.05) is 25.5 Å². The van der Waals surface area contributed by atoms with Crippen LogP contribution < -0.4 is 0 Å². The van der Waals surface area contributed by atoms with Crippen molar-refractivity contribution in [1.29, 1.82) is 0 Å². The van der Waals surface area contributed by atoms with E-state index in [1.54, 1.807) is 6.92 Å². The Hall–Kier alpha value is -0.480. The van der Waals surface area contributed by atoms with Crippen LogP contribution in [0.3, 0.4) is 0 Å². The molecule has 1 aromatic heterocycles. The van der Waals surface area contributed by atoms with Gasteiger partial charge in [0.15, 0.2) is 9.84 Å². The first kappa shape index (κ1) is 16.4. The second kappa shape index (κ2) is 5.55. The number of nitrogens with zero attached hydrogens (tertiary/aromatic N) is 1. The number of sulfone groups is 1. The highest BCUT2D eigenvalue weighted by molar-refractivity contribution is 7.93. The maximum Gasteiger partial charge on any atom is 0.253 e. The quantitative estimate of drug-likeness (QED) is 0.779. The summed E-state index contributed by atoms with van der Waals surface area (Å²) in [7, 11) is -6.95. The minimum absolute atomic E-state index is 0.0300. The van der Waals surface area contributed by atoms with Crippen molar-refractivity contribution in [3.8, 4) is 0 Å².